The van der Waals surface area contributed by atoms with Crippen molar-refractivity contribution in [1.29, 1.82) is 0 Å². The molecule has 5 nitrogen and oxygen atoms in total. The summed E-state index contributed by atoms with van der Waals surface area (Å²) >= 11 is 0. The molecular formula is C24H35N3O2. The second kappa shape index (κ2) is 11.0. The number of rotatable bonds is 12. The molecule has 1 atom stereocenters. The Bertz CT molecular complexity index is 780. The van der Waals surface area contributed by atoms with E-state index in [0.29, 0.717) is 25.8 Å². The summed E-state index contributed by atoms with van der Waals surface area (Å²) in [5.41, 5.74) is 6.83. The van der Waals surface area contributed by atoms with Crippen molar-refractivity contribution >= 4 is 17.4 Å². The van der Waals surface area contributed by atoms with Gasteiger partial charge in [-0.15, -0.1) is 5.73 Å². The molecule has 2 rings (SSSR count). The fourth-order valence-electron chi connectivity index (χ4n) is 3.92. The monoisotopic (exact) mass is 397 g/mol. The number of hydrogen-bond acceptors (Lipinski definition) is 4. The minimum absolute atomic E-state index is 0.0346. The topological polar surface area (TPSA) is 52.7 Å². The molecule has 1 amide bonds. The smallest absolute Gasteiger partial charge is 0.255 e. The quantitative estimate of drug-likeness (QED) is 0.543. The molecule has 0 aliphatic carbocycles. The van der Waals surface area contributed by atoms with Crippen molar-refractivity contribution < 1.29 is 9.59 Å². The number of carbonyl (C=O) groups is 2. The Morgan fingerprint density at radius 2 is 2.10 bits per heavy atom. The maximum Gasteiger partial charge on any atom is 0.255 e. The van der Waals surface area contributed by atoms with E-state index >= 15 is 0 Å². The third kappa shape index (κ3) is 5.59. The van der Waals surface area contributed by atoms with Crippen LogP contribution in [0.5, 0.6) is 0 Å². The molecule has 1 heterocycles. The van der Waals surface area contributed by atoms with Crippen molar-refractivity contribution in [1.82, 2.24) is 10.2 Å². The average molecular weight is 398 g/mol. The number of amides is 1. The standard InChI is InChI=1S/C24H35N3O2/c1-6-9-21(28)11-13-23(18(4)7-2)27-17-19-16-20(10-12-22(19)24(27)29)26(8-3)15-14-25-5/h10,12,16,23,25H,2,6,8-9,11,13-15,17H2,1,3-5H3. The average Bonchev–Trinajstić information content (AvgIpc) is 3.04. The molecule has 0 radical (unpaired) electrons. The Balaban J connectivity index is 2.21. The van der Waals surface area contributed by atoms with Gasteiger partial charge in [-0.3, -0.25) is 9.59 Å². The van der Waals surface area contributed by atoms with E-state index < -0.39 is 0 Å². The second-order valence-corrected chi connectivity index (χ2v) is 7.66. The van der Waals surface area contributed by atoms with E-state index in [-0.39, 0.29) is 17.7 Å². The highest BCUT2D eigenvalue weighted by molar-refractivity contribution is 5.99. The van der Waals surface area contributed by atoms with Gasteiger partial charge in [-0.25, -0.2) is 0 Å². The minimum Gasteiger partial charge on any atom is -0.371 e. The van der Waals surface area contributed by atoms with E-state index in [1.807, 2.05) is 37.9 Å². The lowest BCUT2D eigenvalue weighted by Gasteiger charge is -2.28. The van der Waals surface area contributed by atoms with E-state index in [9.17, 15) is 9.59 Å². The number of Topliss-reactive ketones (excluding diaryl/α,β-unsaturated/α-hetero) is 1. The Morgan fingerprint density at radius 1 is 1.34 bits per heavy atom. The fraction of sp³-hybridized carbons (Fsp3) is 0.542. The largest absolute Gasteiger partial charge is 0.371 e. The zero-order valence-corrected chi connectivity index (χ0v) is 18.4. The van der Waals surface area contributed by atoms with Crippen LogP contribution in [0.3, 0.4) is 0 Å². The van der Waals surface area contributed by atoms with E-state index in [1.165, 1.54) is 0 Å². The van der Waals surface area contributed by atoms with E-state index in [1.54, 1.807) is 0 Å². The predicted octanol–water partition coefficient (Wildman–Crippen LogP) is 3.94. The van der Waals surface area contributed by atoms with Gasteiger partial charge in [-0.1, -0.05) is 13.5 Å². The lowest BCUT2D eigenvalue weighted by atomic mass is 9.99. The fourth-order valence-corrected chi connectivity index (χ4v) is 3.92. The van der Waals surface area contributed by atoms with E-state index in [2.05, 4.69) is 35.5 Å². The zero-order valence-electron chi connectivity index (χ0n) is 18.4. The van der Waals surface area contributed by atoms with Crippen LogP contribution >= 0.6 is 0 Å². The summed E-state index contributed by atoms with van der Waals surface area (Å²) in [4.78, 5) is 29.3. The Morgan fingerprint density at radius 3 is 2.72 bits per heavy atom. The molecule has 0 spiro atoms. The first kappa shape index (κ1) is 22.9. The number of ketones is 1. The summed E-state index contributed by atoms with van der Waals surface area (Å²) < 4.78 is 0. The molecule has 0 saturated heterocycles. The van der Waals surface area contributed by atoms with Crippen LogP contribution in [0.4, 0.5) is 5.69 Å². The van der Waals surface area contributed by atoms with Crippen molar-refractivity contribution in [3.8, 4) is 0 Å². The van der Waals surface area contributed by atoms with Crippen LogP contribution in [0.2, 0.25) is 0 Å². The third-order valence-electron chi connectivity index (χ3n) is 5.68. The molecule has 1 aliphatic rings. The lowest BCUT2D eigenvalue weighted by molar-refractivity contribution is -0.119. The molecule has 1 aromatic carbocycles. The van der Waals surface area contributed by atoms with Gasteiger partial charge in [0.05, 0.1) is 6.04 Å². The first-order chi connectivity index (χ1) is 14.0. The third-order valence-corrected chi connectivity index (χ3v) is 5.68. The number of hydrogen-bond donors (Lipinski definition) is 1. The van der Waals surface area contributed by atoms with E-state index in [4.69, 9.17) is 0 Å². The number of likely N-dealkylation sites (N-methyl/N-ethyl adjacent to an activating group) is 2. The highest BCUT2D eigenvalue weighted by Crippen LogP contribution is 2.31. The van der Waals surface area contributed by atoms with Crippen LogP contribution in [0.1, 0.15) is 62.4 Å². The number of carbonyl (C=O) groups excluding carboxylic acids is 2. The van der Waals surface area contributed by atoms with Crippen LogP contribution in [0.25, 0.3) is 0 Å². The summed E-state index contributed by atoms with van der Waals surface area (Å²) in [6, 6.07) is 5.98. The first-order valence-electron chi connectivity index (χ1n) is 10.7. The Kier molecular flexibility index (Phi) is 8.69. The van der Waals surface area contributed by atoms with Crippen LogP contribution in [0.15, 0.2) is 36.1 Å². The number of anilines is 1. The van der Waals surface area contributed by atoms with Crippen LogP contribution in [-0.4, -0.2) is 49.3 Å². The van der Waals surface area contributed by atoms with Crippen LogP contribution in [0, 0.1) is 0 Å². The maximum absolute atomic E-state index is 13.1. The maximum atomic E-state index is 13.1. The molecule has 0 saturated carbocycles. The van der Waals surface area contributed by atoms with Crippen molar-refractivity contribution in [2.45, 2.75) is 59.0 Å². The first-order valence-corrected chi connectivity index (χ1v) is 10.7. The van der Waals surface area contributed by atoms with Crippen molar-refractivity contribution in [2.24, 2.45) is 0 Å². The van der Waals surface area contributed by atoms with Gasteiger partial charge < -0.3 is 15.1 Å². The minimum atomic E-state index is -0.136. The predicted molar refractivity (Wildman–Crippen MR) is 119 cm³/mol. The molecular weight excluding hydrogens is 362 g/mol. The SMILES string of the molecule is C=C=C(C)C(CCC(=O)CCC)N1Cc2cc(N(CC)CCNC)ccc2C1=O. The van der Waals surface area contributed by atoms with Gasteiger partial charge >= 0.3 is 0 Å². The van der Waals surface area contributed by atoms with Gasteiger partial charge in [0, 0.05) is 50.3 Å². The molecule has 1 aromatic rings. The van der Waals surface area contributed by atoms with Gasteiger partial charge in [0.2, 0.25) is 0 Å². The lowest BCUT2D eigenvalue weighted by Crippen LogP contribution is -2.36. The van der Waals surface area contributed by atoms with Crippen molar-refractivity contribution in [3.63, 3.8) is 0 Å². The number of benzene rings is 1. The van der Waals surface area contributed by atoms with Crippen LogP contribution in [-0.2, 0) is 11.3 Å². The summed E-state index contributed by atoms with van der Waals surface area (Å²) in [6.07, 6.45) is 2.57. The normalized spacial score (nSPS) is 13.8. The summed E-state index contributed by atoms with van der Waals surface area (Å²) in [6.45, 7) is 13.2. The van der Waals surface area contributed by atoms with Crippen LogP contribution < -0.4 is 10.2 Å². The molecule has 0 bridgehead atoms. The van der Waals surface area contributed by atoms with Gasteiger partial charge in [0.15, 0.2) is 0 Å². The van der Waals surface area contributed by atoms with E-state index in [0.717, 1.165) is 48.4 Å². The Hall–Kier alpha value is -2.36. The second-order valence-electron chi connectivity index (χ2n) is 7.66. The summed E-state index contributed by atoms with van der Waals surface area (Å²) in [5.74, 6) is 0.288. The van der Waals surface area contributed by atoms with Crippen molar-refractivity contribution in [3.05, 3.63) is 47.2 Å². The number of fused-ring (bicyclic) bond motifs is 1. The Labute approximate surface area is 175 Å². The summed E-state index contributed by atoms with van der Waals surface area (Å²) in [7, 11) is 1.95. The molecule has 158 valence electrons. The zero-order chi connectivity index (χ0) is 21.4. The molecule has 1 unspecified atom stereocenters. The van der Waals surface area contributed by atoms with Gasteiger partial charge in [-0.05, 0) is 63.1 Å². The van der Waals surface area contributed by atoms with Gasteiger partial charge in [-0.2, -0.15) is 0 Å². The number of nitrogens with one attached hydrogen (secondary N) is 1. The van der Waals surface area contributed by atoms with Gasteiger partial charge in [0.1, 0.15) is 5.78 Å². The summed E-state index contributed by atoms with van der Waals surface area (Å²) in [5, 5.41) is 3.19. The highest BCUT2D eigenvalue weighted by atomic mass is 16.2. The number of nitrogens with zero attached hydrogens (tertiary/aromatic N) is 2. The molecule has 5 heteroatoms. The molecule has 1 aliphatic heterocycles. The molecule has 0 aromatic heterocycles. The molecule has 1 N–H and O–H groups in total. The molecule has 29 heavy (non-hydrogen) atoms. The van der Waals surface area contributed by atoms with Gasteiger partial charge in [0.25, 0.3) is 5.91 Å². The highest BCUT2D eigenvalue weighted by Gasteiger charge is 2.34. The molecule has 0 fully saturated rings. The van der Waals surface area contributed by atoms with Crippen molar-refractivity contribution in [2.75, 3.05) is 31.6 Å².